The molecule has 1 aromatic heterocycles. The molecule has 2 rings (SSSR count). The van der Waals surface area contributed by atoms with Crippen molar-refractivity contribution < 1.29 is 4.79 Å². The molecule has 0 aliphatic carbocycles. The van der Waals surface area contributed by atoms with Crippen LogP contribution in [0, 0.1) is 6.92 Å². The molecule has 3 nitrogen and oxygen atoms in total. The zero-order valence-electron chi connectivity index (χ0n) is 9.31. The monoisotopic (exact) mass is 249 g/mol. The Morgan fingerprint density at radius 2 is 1.76 bits per heavy atom. The van der Waals surface area contributed by atoms with Gasteiger partial charge in [-0.2, -0.15) is 0 Å². The third-order valence-corrected chi connectivity index (χ3v) is 2.17. The first-order valence-electron chi connectivity index (χ1n) is 5.00. The van der Waals surface area contributed by atoms with Crippen LogP contribution in [0.2, 0.25) is 0 Å². The van der Waals surface area contributed by atoms with Gasteiger partial charge in [0.05, 0.1) is 5.56 Å². The fourth-order valence-electron chi connectivity index (χ4n) is 1.11. The average molecular weight is 250 g/mol. The fraction of sp³-hybridized carbons (Fsp3) is 0.0769. The molecular formula is C13H12ClNO2. The van der Waals surface area contributed by atoms with Gasteiger partial charge in [0.1, 0.15) is 0 Å². The van der Waals surface area contributed by atoms with Crippen molar-refractivity contribution in [3.8, 4) is 0 Å². The number of hydrogen-bond donors (Lipinski definition) is 1. The Balaban J connectivity index is 0.000000181. The number of aryl methyl sites for hydroxylation is 1. The number of benzene rings is 1. The summed E-state index contributed by atoms with van der Waals surface area (Å²) in [5, 5.41) is -0.734. The van der Waals surface area contributed by atoms with Crippen molar-refractivity contribution in [2.24, 2.45) is 0 Å². The predicted octanol–water partition coefficient (Wildman–Crippen LogP) is 2.75. The maximum Gasteiger partial charge on any atom is 0.260 e. The van der Waals surface area contributed by atoms with Gasteiger partial charge in [0.2, 0.25) is 0 Å². The first-order chi connectivity index (χ1) is 8.11. The van der Waals surface area contributed by atoms with E-state index in [2.05, 4.69) is 24.0 Å². The van der Waals surface area contributed by atoms with Crippen molar-refractivity contribution in [3.63, 3.8) is 0 Å². The molecule has 0 bridgehead atoms. The number of aromatic nitrogens is 1. The molecule has 1 heterocycles. The topological polar surface area (TPSA) is 49.9 Å². The van der Waals surface area contributed by atoms with Crippen LogP contribution in [0.15, 0.2) is 53.5 Å². The third-order valence-electron chi connectivity index (χ3n) is 1.97. The van der Waals surface area contributed by atoms with Gasteiger partial charge in [-0.3, -0.25) is 9.59 Å². The summed E-state index contributed by atoms with van der Waals surface area (Å²) in [5.41, 5.74) is 0.842. The molecule has 2 aromatic rings. The van der Waals surface area contributed by atoms with Gasteiger partial charge in [-0.15, -0.1) is 0 Å². The zero-order valence-corrected chi connectivity index (χ0v) is 10.1. The van der Waals surface area contributed by atoms with Crippen LogP contribution < -0.4 is 5.56 Å². The van der Waals surface area contributed by atoms with Gasteiger partial charge in [0.15, 0.2) is 0 Å². The van der Waals surface area contributed by atoms with E-state index in [1.165, 1.54) is 23.9 Å². The Kier molecular flexibility index (Phi) is 5.17. The second-order valence-electron chi connectivity index (χ2n) is 3.34. The molecule has 4 heteroatoms. The number of aromatic amines is 1. The average Bonchev–Trinajstić information content (AvgIpc) is 2.31. The van der Waals surface area contributed by atoms with Crippen molar-refractivity contribution >= 4 is 16.8 Å². The van der Waals surface area contributed by atoms with Crippen molar-refractivity contribution in [1.82, 2.24) is 4.98 Å². The van der Waals surface area contributed by atoms with Crippen LogP contribution in [0.5, 0.6) is 0 Å². The number of nitrogens with one attached hydrogen (secondary N) is 1. The maximum absolute atomic E-state index is 10.7. The van der Waals surface area contributed by atoms with E-state index in [1.807, 2.05) is 18.2 Å². The summed E-state index contributed by atoms with van der Waals surface area (Å²) >= 11 is 5.05. The van der Waals surface area contributed by atoms with Crippen LogP contribution in [0.3, 0.4) is 0 Å². The number of carbonyl (C=O) groups is 1. The van der Waals surface area contributed by atoms with E-state index in [9.17, 15) is 9.59 Å². The molecule has 1 N–H and O–H groups in total. The van der Waals surface area contributed by atoms with Gasteiger partial charge in [0.25, 0.3) is 10.8 Å². The van der Waals surface area contributed by atoms with E-state index in [-0.39, 0.29) is 5.56 Å². The van der Waals surface area contributed by atoms with Crippen LogP contribution in [-0.4, -0.2) is 10.2 Å². The molecule has 0 aliphatic heterocycles. The standard InChI is InChI=1S/C7H8.C6H4ClNO2/c1-7-5-3-2-4-6-7;7-5(9)4-2-1-3-8-6(4)10/h2-6H,1H3;1-3H,(H,8,10). The number of rotatable bonds is 1. The van der Waals surface area contributed by atoms with Gasteiger partial charge >= 0.3 is 0 Å². The van der Waals surface area contributed by atoms with E-state index in [1.54, 1.807) is 0 Å². The lowest BCUT2D eigenvalue weighted by atomic mass is 10.2. The van der Waals surface area contributed by atoms with Gasteiger partial charge in [0, 0.05) is 6.20 Å². The van der Waals surface area contributed by atoms with Crippen molar-refractivity contribution in [1.29, 1.82) is 0 Å². The van der Waals surface area contributed by atoms with Gasteiger partial charge in [-0.05, 0) is 30.7 Å². The number of pyridine rings is 1. The lowest BCUT2D eigenvalue weighted by Gasteiger charge is -1.87. The summed E-state index contributed by atoms with van der Waals surface area (Å²) in [4.78, 5) is 23.4. The van der Waals surface area contributed by atoms with Gasteiger partial charge in [-0.25, -0.2) is 0 Å². The van der Waals surface area contributed by atoms with Crippen LogP contribution in [0.1, 0.15) is 15.9 Å². The van der Waals surface area contributed by atoms with Crippen molar-refractivity contribution in [2.75, 3.05) is 0 Å². The highest BCUT2D eigenvalue weighted by Gasteiger charge is 2.03. The largest absolute Gasteiger partial charge is 0.328 e. The summed E-state index contributed by atoms with van der Waals surface area (Å²) in [5.74, 6) is 0. The van der Waals surface area contributed by atoms with Gasteiger partial charge in [-0.1, -0.05) is 35.9 Å². The smallest absolute Gasteiger partial charge is 0.260 e. The molecule has 0 saturated carbocycles. The molecule has 0 aliphatic rings. The number of hydrogen-bond acceptors (Lipinski definition) is 2. The highest BCUT2D eigenvalue weighted by atomic mass is 35.5. The number of H-pyrrole nitrogens is 1. The minimum Gasteiger partial charge on any atom is -0.328 e. The molecule has 1 aromatic carbocycles. The SMILES string of the molecule is Cc1ccccc1.O=C(Cl)c1ccc[nH]c1=O. The predicted molar refractivity (Wildman–Crippen MR) is 68.4 cm³/mol. The fourth-order valence-corrected chi connectivity index (χ4v) is 1.26. The van der Waals surface area contributed by atoms with E-state index in [0.29, 0.717) is 0 Å². The van der Waals surface area contributed by atoms with Crippen LogP contribution in [0.25, 0.3) is 0 Å². The molecular weight excluding hydrogens is 238 g/mol. The van der Waals surface area contributed by atoms with E-state index < -0.39 is 10.8 Å². The Morgan fingerprint density at radius 3 is 2.12 bits per heavy atom. The molecule has 88 valence electrons. The Labute approximate surface area is 104 Å². The molecule has 0 unspecified atom stereocenters. The van der Waals surface area contributed by atoms with E-state index in [0.717, 1.165) is 0 Å². The first kappa shape index (κ1) is 13.2. The van der Waals surface area contributed by atoms with Crippen molar-refractivity contribution in [3.05, 3.63) is 70.1 Å². The minimum absolute atomic E-state index is 0.0239. The maximum atomic E-state index is 10.7. The van der Waals surface area contributed by atoms with Crippen molar-refractivity contribution in [2.45, 2.75) is 6.92 Å². The van der Waals surface area contributed by atoms with E-state index >= 15 is 0 Å². The molecule has 17 heavy (non-hydrogen) atoms. The second-order valence-corrected chi connectivity index (χ2v) is 3.68. The Hall–Kier alpha value is -1.87. The molecule has 0 amide bonds. The summed E-state index contributed by atoms with van der Waals surface area (Å²) in [6.45, 7) is 2.08. The zero-order chi connectivity index (χ0) is 12.7. The second kappa shape index (κ2) is 6.66. The summed E-state index contributed by atoms with van der Waals surface area (Å²) in [6.07, 6.45) is 1.44. The molecule has 0 radical (unpaired) electrons. The number of halogens is 1. The quantitative estimate of drug-likeness (QED) is 0.790. The Bertz CT molecular complexity index is 534. The van der Waals surface area contributed by atoms with Gasteiger partial charge < -0.3 is 4.98 Å². The summed E-state index contributed by atoms with van der Waals surface area (Å²) in [6, 6.07) is 13.2. The number of carbonyl (C=O) groups excluding carboxylic acids is 1. The Morgan fingerprint density at radius 1 is 1.12 bits per heavy atom. The summed E-state index contributed by atoms with van der Waals surface area (Å²) < 4.78 is 0. The first-order valence-corrected chi connectivity index (χ1v) is 5.38. The third kappa shape index (κ3) is 4.66. The lowest BCUT2D eigenvalue weighted by molar-refractivity contribution is 0.108. The molecule has 0 atom stereocenters. The molecule has 0 spiro atoms. The molecule has 0 fully saturated rings. The highest BCUT2D eigenvalue weighted by Crippen LogP contribution is 1.94. The van der Waals surface area contributed by atoms with Crippen LogP contribution in [0.4, 0.5) is 0 Å². The van der Waals surface area contributed by atoms with Crippen LogP contribution in [-0.2, 0) is 0 Å². The molecule has 0 saturated heterocycles. The highest BCUT2D eigenvalue weighted by molar-refractivity contribution is 6.67. The normalized spacial score (nSPS) is 9.06. The van der Waals surface area contributed by atoms with Crippen LogP contribution >= 0.6 is 11.6 Å². The minimum atomic E-state index is -0.734. The van der Waals surface area contributed by atoms with E-state index in [4.69, 9.17) is 11.6 Å². The lowest BCUT2D eigenvalue weighted by Crippen LogP contribution is -2.12. The summed E-state index contributed by atoms with van der Waals surface area (Å²) in [7, 11) is 0.